The summed E-state index contributed by atoms with van der Waals surface area (Å²) in [6.45, 7) is -0.401. The number of hydrogen-bond acceptors (Lipinski definition) is 6. The molecule has 0 saturated carbocycles. The molecule has 1 unspecified atom stereocenters. The Bertz CT molecular complexity index is 1010. The van der Waals surface area contributed by atoms with Crippen LogP contribution in [0.4, 0.5) is 5.69 Å². The molecule has 0 aliphatic rings. The van der Waals surface area contributed by atoms with Crippen LogP contribution in [-0.2, 0) is 28.5 Å². The Morgan fingerprint density at radius 3 is 2.13 bits per heavy atom. The number of pyridine rings is 1. The molecule has 1 heterocycles. The van der Waals surface area contributed by atoms with Crippen LogP contribution < -0.4 is 17.0 Å². The minimum atomic E-state index is -2.04. The summed E-state index contributed by atoms with van der Waals surface area (Å²) in [5.74, 6) is -2.04. The molecule has 0 saturated heterocycles. The number of nitrogens with zero attached hydrogens (tertiary/aromatic N) is 3. The van der Waals surface area contributed by atoms with Gasteiger partial charge in [-0.1, -0.05) is 48.5 Å². The van der Waals surface area contributed by atoms with E-state index in [2.05, 4.69) is 0 Å². The lowest BCUT2D eigenvalue weighted by Crippen LogP contribution is -3.00. The molecule has 0 radical (unpaired) electrons. The number of hydrogen-bond donors (Lipinski definition) is 0. The molecule has 162 valence electrons. The first kappa shape index (κ1) is 23.9. The second-order valence-corrected chi connectivity index (χ2v) is 6.48. The maximum Gasteiger partial charge on any atom is 0.555 e. The lowest BCUT2D eigenvalue weighted by atomic mass is 10.2. The van der Waals surface area contributed by atoms with E-state index in [1.807, 2.05) is 30.3 Å². The van der Waals surface area contributed by atoms with Crippen LogP contribution in [0.3, 0.4) is 0 Å². The van der Waals surface area contributed by atoms with Crippen LogP contribution >= 0.6 is 0 Å². The van der Waals surface area contributed by atoms with E-state index in [0.29, 0.717) is 5.56 Å². The Morgan fingerprint density at radius 2 is 1.48 bits per heavy atom. The number of halogens is 1. The topological polar surface area (TPSA) is 109 Å². The monoisotopic (exact) mass is 445 g/mol. The fourth-order valence-electron chi connectivity index (χ4n) is 2.86. The van der Waals surface area contributed by atoms with Crippen LogP contribution in [0.1, 0.15) is 11.1 Å². The summed E-state index contributed by atoms with van der Waals surface area (Å²) in [6, 6.07) is 20.1. The highest BCUT2D eigenvalue weighted by molar-refractivity contribution is 5.33. The third kappa shape index (κ3) is 6.05. The smallest absolute Gasteiger partial charge is 0.555 e. The Labute approximate surface area is 184 Å². The first-order valence-electron chi connectivity index (χ1n) is 9.11. The van der Waals surface area contributed by atoms with E-state index >= 15 is 0 Å². The number of non-ortho nitro benzene ring substituents is 1. The molecule has 9 nitrogen and oxygen atoms in total. The zero-order valence-electron chi connectivity index (χ0n) is 16.4. The zero-order chi connectivity index (χ0) is 21.4. The Balaban J connectivity index is 0.00000341. The number of ether oxygens (including phenoxy) is 2. The molecule has 31 heavy (non-hydrogen) atoms. The van der Waals surface area contributed by atoms with Crippen molar-refractivity contribution in [3.63, 3.8) is 0 Å². The zero-order valence-corrected chi connectivity index (χ0v) is 17.1. The first-order chi connectivity index (χ1) is 14.5. The van der Waals surface area contributed by atoms with Gasteiger partial charge in [-0.2, -0.15) is 0 Å². The van der Waals surface area contributed by atoms with Crippen LogP contribution in [-0.4, -0.2) is 16.5 Å². The van der Waals surface area contributed by atoms with Crippen molar-refractivity contribution in [2.75, 3.05) is 6.61 Å². The predicted molar refractivity (Wildman–Crippen MR) is 106 cm³/mol. The third-order valence-electron chi connectivity index (χ3n) is 4.40. The summed E-state index contributed by atoms with van der Waals surface area (Å²) in [5.41, 5.74) is 1.19. The van der Waals surface area contributed by atoms with Gasteiger partial charge in [0.15, 0.2) is 12.4 Å². The van der Waals surface area contributed by atoms with E-state index in [0.717, 1.165) is 5.56 Å². The summed E-state index contributed by atoms with van der Waals surface area (Å²) in [6.07, 6.45) is 3.03. The highest BCUT2D eigenvalue weighted by Crippen LogP contribution is 2.20. The quantitative estimate of drug-likeness (QED) is 0.191. The van der Waals surface area contributed by atoms with E-state index < -0.39 is 15.7 Å². The average molecular weight is 446 g/mol. The van der Waals surface area contributed by atoms with Crippen LogP contribution in [0, 0.1) is 20.2 Å². The summed E-state index contributed by atoms with van der Waals surface area (Å²) in [4.78, 5) is 22.0. The van der Waals surface area contributed by atoms with E-state index in [4.69, 9.17) is 9.47 Å². The molecular formula is C21H20ClN3O6. The molecule has 1 aromatic heterocycles. The van der Waals surface area contributed by atoms with Crippen LogP contribution in [0.5, 0.6) is 0 Å². The van der Waals surface area contributed by atoms with Crippen LogP contribution in [0.25, 0.3) is 0 Å². The SMILES string of the molecule is O=[N+]([O-])c1cccc(COC(COCc2ccccc2)([N+](=O)[O-])[n+]2ccccc2)c1.[Cl-]. The normalized spacial score (nSPS) is 12.4. The van der Waals surface area contributed by atoms with E-state index in [-0.39, 0.29) is 37.9 Å². The fourth-order valence-corrected chi connectivity index (χ4v) is 2.86. The summed E-state index contributed by atoms with van der Waals surface area (Å²) in [5, 5.41) is 23.1. The number of nitro benzene ring substituents is 1. The molecule has 0 amide bonds. The molecule has 1 atom stereocenters. The highest BCUT2D eigenvalue weighted by atomic mass is 35.5. The van der Waals surface area contributed by atoms with Crippen molar-refractivity contribution in [3.05, 3.63) is 117 Å². The predicted octanol–water partition coefficient (Wildman–Crippen LogP) is 0.207. The minimum absolute atomic E-state index is 0. The summed E-state index contributed by atoms with van der Waals surface area (Å²) in [7, 11) is 0. The fraction of sp³-hybridized carbons (Fsp3) is 0.190. The van der Waals surface area contributed by atoms with Gasteiger partial charge in [0, 0.05) is 24.3 Å². The Kier molecular flexibility index (Phi) is 8.56. The average Bonchev–Trinajstić information content (AvgIpc) is 2.77. The molecule has 3 aromatic rings. The van der Waals surface area contributed by atoms with Crippen molar-refractivity contribution >= 4 is 5.69 Å². The van der Waals surface area contributed by atoms with Crippen molar-refractivity contribution in [2.24, 2.45) is 0 Å². The summed E-state index contributed by atoms with van der Waals surface area (Å²) >= 11 is 0. The Hall–Kier alpha value is -3.40. The molecule has 0 aliphatic heterocycles. The largest absolute Gasteiger partial charge is 1.00 e. The molecule has 0 aliphatic carbocycles. The second kappa shape index (κ2) is 11.1. The molecule has 0 spiro atoms. The van der Waals surface area contributed by atoms with E-state index in [1.54, 1.807) is 24.3 Å². The number of aromatic nitrogens is 1. The van der Waals surface area contributed by atoms with Crippen molar-refractivity contribution < 1.29 is 36.3 Å². The molecule has 0 N–H and O–H groups in total. The van der Waals surface area contributed by atoms with Gasteiger partial charge < -0.3 is 17.1 Å². The maximum absolute atomic E-state index is 12.1. The van der Waals surface area contributed by atoms with Gasteiger partial charge >= 0.3 is 5.85 Å². The third-order valence-corrected chi connectivity index (χ3v) is 4.40. The van der Waals surface area contributed by atoms with Crippen molar-refractivity contribution in [1.29, 1.82) is 0 Å². The van der Waals surface area contributed by atoms with Gasteiger partial charge in [0.1, 0.15) is 4.92 Å². The van der Waals surface area contributed by atoms with Gasteiger partial charge in [0.05, 0.1) is 18.1 Å². The number of rotatable bonds is 10. The number of benzene rings is 2. The van der Waals surface area contributed by atoms with Gasteiger partial charge in [-0.3, -0.25) is 25.0 Å². The standard InChI is InChI=1S/C21H20N3O6.ClH/c25-23(26)20-11-7-10-19(14-20)16-30-21(24(27)28,22-12-5-2-6-13-22)17-29-15-18-8-3-1-4-9-18;/h1-14H,15-17H2;1H/q+1;/p-1. The van der Waals surface area contributed by atoms with Gasteiger partial charge in [-0.05, 0) is 11.1 Å². The van der Waals surface area contributed by atoms with Gasteiger partial charge in [-0.15, -0.1) is 4.57 Å². The van der Waals surface area contributed by atoms with Crippen LogP contribution in [0.2, 0.25) is 0 Å². The molecular weight excluding hydrogens is 426 g/mol. The van der Waals surface area contributed by atoms with Crippen molar-refractivity contribution in [3.8, 4) is 0 Å². The van der Waals surface area contributed by atoms with Crippen molar-refractivity contribution in [1.82, 2.24) is 0 Å². The molecule has 2 aromatic carbocycles. The molecule has 3 rings (SSSR count). The molecule has 10 heteroatoms. The van der Waals surface area contributed by atoms with E-state index in [1.165, 1.54) is 35.2 Å². The summed E-state index contributed by atoms with van der Waals surface area (Å²) < 4.78 is 12.7. The second-order valence-electron chi connectivity index (χ2n) is 6.48. The van der Waals surface area contributed by atoms with Crippen molar-refractivity contribution in [2.45, 2.75) is 19.1 Å². The maximum atomic E-state index is 12.1. The van der Waals surface area contributed by atoms with Crippen LogP contribution in [0.15, 0.2) is 85.2 Å². The lowest BCUT2D eigenvalue weighted by molar-refractivity contribution is -0.972. The van der Waals surface area contributed by atoms with E-state index in [9.17, 15) is 20.2 Å². The van der Waals surface area contributed by atoms with Gasteiger partial charge in [-0.25, -0.2) is 0 Å². The molecule has 0 fully saturated rings. The molecule has 0 bridgehead atoms. The number of nitro groups is 2. The van der Waals surface area contributed by atoms with Gasteiger partial charge in [0.2, 0.25) is 6.61 Å². The van der Waals surface area contributed by atoms with Gasteiger partial charge in [0.25, 0.3) is 5.69 Å². The minimum Gasteiger partial charge on any atom is -1.00 e. The highest BCUT2D eigenvalue weighted by Gasteiger charge is 2.55. The lowest BCUT2D eigenvalue weighted by Gasteiger charge is -2.20. The first-order valence-corrected chi connectivity index (χ1v) is 9.11. The Morgan fingerprint density at radius 1 is 0.839 bits per heavy atom.